The Labute approximate surface area is 118 Å². The van der Waals surface area contributed by atoms with E-state index in [4.69, 9.17) is 9.84 Å². The summed E-state index contributed by atoms with van der Waals surface area (Å²) in [7, 11) is 1.56. The minimum absolute atomic E-state index is 0.0658. The first-order chi connectivity index (χ1) is 9.49. The lowest BCUT2D eigenvalue weighted by Gasteiger charge is -2.17. The highest BCUT2D eigenvalue weighted by Crippen LogP contribution is 2.11. The number of aliphatic carboxylic acids is 1. The topological polar surface area (TPSA) is 78.9 Å². The van der Waals surface area contributed by atoms with Gasteiger partial charge in [0.05, 0.1) is 13.0 Å². The van der Waals surface area contributed by atoms with Crippen molar-refractivity contribution in [2.75, 3.05) is 26.7 Å². The SMILES string of the molecule is Cc1cccc(OCCNC(=O)N(C)CCC(=O)O)c1. The summed E-state index contributed by atoms with van der Waals surface area (Å²) in [4.78, 5) is 23.3. The summed E-state index contributed by atoms with van der Waals surface area (Å²) in [5.41, 5.74) is 1.11. The lowest BCUT2D eigenvalue weighted by molar-refractivity contribution is -0.137. The zero-order valence-electron chi connectivity index (χ0n) is 11.8. The van der Waals surface area contributed by atoms with Crippen LogP contribution in [0.25, 0.3) is 0 Å². The molecule has 0 bridgehead atoms. The molecule has 0 aliphatic rings. The summed E-state index contributed by atoms with van der Waals surface area (Å²) in [6.45, 7) is 2.89. The number of amides is 2. The van der Waals surface area contributed by atoms with Crippen molar-refractivity contribution >= 4 is 12.0 Å². The predicted molar refractivity (Wildman–Crippen MR) is 75.0 cm³/mol. The van der Waals surface area contributed by atoms with Crippen LogP contribution in [0.15, 0.2) is 24.3 Å². The first kappa shape index (κ1) is 15.8. The molecule has 0 atom stereocenters. The molecule has 0 saturated heterocycles. The Bertz CT molecular complexity index is 462. The second-order valence-corrected chi connectivity index (χ2v) is 4.46. The predicted octanol–water partition coefficient (Wildman–Crippen LogP) is 1.49. The van der Waals surface area contributed by atoms with Gasteiger partial charge in [-0.05, 0) is 24.6 Å². The van der Waals surface area contributed by atoms with Crippen molar-refractivity contribution in [2.24, 2.45) is 0 Å². The standard InChI is InChI=1S/C14H20N2O4/c1-11-4-3-5-12(10-11)20-9-7-15-14(19)16(2)8-6-13(17)18/h3-5,10H,6-9H2,1-2H3,(H,15,19)(H,17,18). The molecule has 2 N–H and O–H groups in total. The summed E-state index contributed by atoms with van der Waals surface area (Å²) in [5.74, 6) is -0.161. The fourth-order valence-electron chi connectivity index (χ4n) is 1.53. The van der Waals surface area contributed by atoms with Gasteiger partial charge in [0.15, 0.2) is 0 Å². The van der Waals surface area contributed by atoms with E-state index in [-0.39, 0.29) is 19.0 Å². The number of carbonyl (C=O) groups excluding carboxylic acids is 1. The van der Waals surface area contributed by atoms with Gasteiger partial charge in [-0.2, -0.15) is 0 Å². The van der Waals surface area contributed by atoms with Crippen LogP contribution >= 0.6 is 0 Å². The van der Waals surface area contributed by atoms with Gasteiger partial charge in [0.1, 0.15) is 12.4 Å². The highest BCUT2D eigenvalue weighted by atomic mass is 16.5. The maximum atomic E-state index is 11.6. The van der Waals surface area contributed by atoms with Crippen LogP contribution in [0.3, 0.4) is 0 Å². The number of rotatable bonds is 7. The van der Waals surface area contributed by atoms with Crippen LogP contribution in [-0.2, 0) is 4.79 Å². The van der Waals surface area contributed by atoms with Crippen LogP contribution in [0.2, 0.25) is 0 Å². The van der Waals surface area contributed by atoms with Crippen molar-refractivity contribution in [1.82, 2.24) is 10.2 Å². The fraction of sp³-hybridized carbons (Fsp3) is 0.429. The first-order valence-electron chi connectivity index (χ1n) is 6.39. The van der Waals surface area contributed by atoms with E-state index in [0.29, 0.717) is 13.2 Å². The monoisotopic (exact) mass is 280 g/mol. The number of nitrogens with one attached hydrogen (secondary N) is 1. The first-order valence-corrected chi connectivity index (χ1v) is 6.39. The molecule has 20 heavy (non-hydrogen) atoms. The molecule has 2 amide bonds. The second-order valence-electron chi connectivity index (χ2n) is 4.46. The molecule has 6 nitrogen and oxygen atoms in total. The zero-order valence-corrected chi connectivity index (χ0v) is 11.8. The van der Waals surface area contributed by atoms with Gasteiger partial charge in [-0.15, -0.1) is 0 Å². The van der Waals surface area contributed by atoms with E-state index < -0.39 is 5.97 Å². The number of carboxylic acid groups (broad SMARTS) is 1. The number of hydrogen-bond acceptors (Lipinski definition) is 3. The van der Waals surface area contributed by atoms with Gasteiger partial charge in [0.2, 0.25) is 0 Å². The lowest BCUT2D eigenvalue weighted by Crippen LogP contribution is -2.40. The molecule has 0 unspecified atom stereocenters. The average molecular weight is 280 g/mol. The quantitative estimate of drug-likeness (QED) is 0.742. The minimum atomic E-state index is -0.924. The number of carboxylic acids is 1. The van der Waals surface area contributed by atoms with E-state index in [1.165, 1.54) is 4.90 Å². The van der Waals surface area contributed by atoms with Crippen LogP contribution in [0, 0.1) is 6.92 Å². The number of nitrogens with zero attached hydrogens (tertiary/aromatic N) is 1. The number of benzene rings is 1. The van der Waals surface area contributed by atoms with E-state index in [2.05, 4.69) is 5.32 Å². The Balaban J connectivity index is 2.20. The summed E-state index contributed by atoms with van der Waals surface area (Å²) < 4.78 is 5.49. The van der Waals surface area contributed by atoms with Gasteiger partial charge in [0.25, 0.3) is 0 Å². The summed E-state index contributed by atoms with van der Waals surface area (Å²) in [6.07, 6.45) is -0.0658. The van der Waals surface area contributed by atoms with Gasteiger partial charge in [-0.1, -0.05) is 12.1 Å². The van der Waals surface area contributed by atoms with E-state index in [9.17, 15) is 9.59 Å². The Kier molecular flexibility index (Phi) is 6.36. The molecule has 1 aromatic rings. The highest BCUT2D eigenvalue weighted by Gasteiger charge is 2.09. The highest BCUT2D eigenvalue weighted by molar-refractivity contribution is 5.74. The molecular weight excluding hydrogens is 260 g/mol. The Morgan fingerprint density at radius 1 is 1.40 bits per heavy atom. The van der Waals surface area contributed by atoms with Crippen molar-refractivity contribution in [3.8, 4) is 5.75 Å². The van der Waals surface area contributed by atoms with Crippen molar-refractivity contribution in [3.05, 3.63) is 29.8 Å². The summed E-state index contributed by atoms with van der Waals surface area (Å²) >= 11 is 0. The molecule has 0 aromatic heterocycles. The van der Waals surface area contributed by atoms with E-state index in [1.807, 2.05) is 31.2 Å². The van der Waals surface area contributed by atoms with Crippen LogP contribution in [0.4, 0.5) is 4.79 Å². The normalized spacial score (nSPS) is 9.90. The molecule has 0 radical (unpaired) electrons. The molecule has 0 aliphatic heterocycles. The third-order valence-electron chi connectivity index (χ3n) is 2.64. The fourth-order valence-corrected chi connectivity index (χ4v) is 1.53. The number of urea groups is 1. The molecule has 6 heteroatoms. The van der Waals surface area contributed by atoms with E-state index in [0.717, 1.165) is 11.3 Å². The summed E-state index contributed by atoms with van der Waals surface area (Å²) in [5, 5.41) is 11.2. The van der Waals surface area contributed by atoms with E-state index >= 15 is 0 Å². The average Bonchev–Trinajstić information content (AvgIpc) is 2.40. The van der Waals surface area contributed by atoms with Crippen molar-refractivity contribution in [3.63, 3.8) is 0 Å². The molecule has 0 spiro atoms. The smallest absolute Gasteiger partial charge is 0.317 e. The van der Waals surface area contributed by atoms with Crippen molar-refractivity contribution < 1.29 is 19.4 Å². The molecule has 0 aliphatic carbocycles. The van der Waals surface area contributed by atoms with Gasteiger partial charge in [0, 0.05) is 13.6 Å². The Morgan fingerprint density at radius 3 is 2.80 bits per heavy atom. The molecule has 1 aromatic carbocycles. The van der Waals surface area contributed by atoms with Gasteiger partial charge < -0.3 is 20.1 Å². The maximum absolute atomic E-state index is 11.6. The Morgan fingerprint density at radius 2 is 2.15 bits per heavy atom. The lowest BCUT2D eigenvalue weighted by atomic mass is 10.2. The van der Waals surface area contributed by atoms with Crippen LogP contribution in [0.5, 0.6) is 5.75 Å². The van der Waals surface area contributed by atoms with Crippen molar-refractivity contribution in [2.45, 2.75) is 13.3 Å². The third kappa shape index (κ3) is 6.08. The van der Waals surface area contributed by atoms with Crippen molar-refractivity contribution in [1.29, 1.82) is 0 Å². The maximum Gasteiger partial charge on any atom is 0.317 e. The van der Waals surface area contributed by atoms with Crippen LogP contribution < -0.4 is 10.1 Å². The van der Waals surface area contributed by atoms with E-state index in [1.54, 1.807) is 7.05 Å². The molecule has 0 saturated carbocycles. The molecule has 0 heterocycles. The zero-order chi connectivity index (χ0) is 15.0. The molecule has 110 valence electrons. The van der Waals surface area contributed by atoms with Crippen LogP contribution in [0.1, 0.15) is 12.0 Å². The largest absolute Gasteiger partial charge is 0.492 e. The molecule has 0 fully saturated rings. The molecule has 1 rings (SSSR count). The number of ether oxygens (including phenoxy) is 1. The number of carbonyl (C=O) groups is 2. The van der Waals surface area contributed by atoms with Gasteiger partial charge in [-0.25, -0.2) is 4.79 Å². The minimum Gasteiger partial charge on any atom is -0.492 e. The molecular formula is C14H20N2O4. The van der Waals surface area contributed by atoms with Gasteiger partial charge >= 0.3 is 12.0 Å². The van der Waals surface area contributed by atoms with Crippen LogP contribution in [-0.4, -0.2) is 48.8 Å². The number of hydrogen-bond donors (Lipinski definition) is 2. The number of aryl methyl sites for hydroxylation is 1. The van der Waals surface area contributed by atoms with Gasteiger partial charge in [-0.3, -0.25) is 4.79 Å². The summed E-state index contributed by atoms with van der Waals surface area (Å²) in [6, 6.07) is 7.35. The third-order valence-corrected chi connectivity index (χ3v) is 2.64. The second kappa shape index (κ2) is 8.04. The Hall–Kier alpha value is -2.24.